The minimum atomic E-state index is -0.228. The van der Waals surface area contributed by atoms with E-state index in [1.807, 2.05) is 12.1 Å². The summed E-state index contributed by atoms with van der Waals surface area (Å²) in [7, 11) is 0. The van der Waals surface area contributed by atoms with Crippen molar-refractivity contribution in [3.05, 3.63) is 35.4 Å². The Balaban J connectivity index is 2.40. The van der Waals surface area contributed by atoms with Crippen LogP contribution >= 0.6 is 15.9 Å². The van der Waals surface area contributed by atoms with Gasteiger partial charge in [0.2, 0.25) is 5.91 Å². The lowest BCUT2D eigenvalue weighted by molar-refractivity contribution is -0.120. The minimum Gasteiger partial charge on any atom is -0.355 e. The second kappa shape index (κ2) is 8.69. The summed E-state index contributed by atoms with van der Waals surface area (Å²) >= 11 is 3.34. The van der Waals surface area contributed by atoms with Gasteiger partial charge in [-0.25, -0.2) is 0 Å². The molecule has 2 amide bonds. The second-order valence-corrected chi connectivity index (χ2v) is 4.78. The summed E-state index contributed by atoms with van der Waals surface area (Å²) in [4.78, 5) is 23.3. The molecule has 0 aromatic heterocycles. The fourth-order valence-corrected chi connectivity index (χ4v) is 1.87. The van der Waals surface area contributed by atoms with Crippen molar-refractivity contribution in [2.45, 2.75) is 25.1 Å². The van der Waals surface area contributed by atoms with Crippen LogP contribution in [-0.4, -0.2) is 24.9 Å². The zero-order valence-electron chi connectivity index (χ0n) is 11.0. The standard InChI is InChI=1S/C14H19BrN2O2/c1-2-3-7-16-13(18)10-17-14(19)12-6-4-5-11(8-12)9-15/h4-6,8H,2-3,7,9-10H2,1H3,(H,16,18)(H,17,19). The fourth-order valence-electron chi connectivity index (χ4n) is 1.53. The van der Waals surface area contributed by atoms with Gasteiger partial charge in [-0.15, -0.1) is 0 Å². The number of unbranched alkanes of at least 4 members (excludes halogenated alkanes) is 1. The Hall–Kier alpha value is -1.36. The Morgan fingerprint density at radius 1 is 1.26 bits per heavy atom. The fraction of sp³-hybridized carbons (Fsp3) is 0.429. The highest BCUT2D eigenvalue weighted by Crippen LogP contribution is 2.08. The summed E-state index contributed by atoms with van der Waals surface area (Å²) in [5.41, 5.74) is 1.60. The number of carbonyl (C=O) groups excluding carboxylic acids is 2. The molecule has 2 N–H and O–H groups in total. The Labute approximate surface area is 122 Å². The highest BCUT2D eigenvalue weighted by molar-refractivity contribution is 9.08. The lowest BCUT2D eigenvalue weighted by Gasteiger charge is -2.07. The van der Waals surface area contributed by atoms with E-state index in [2.05, 4.69) is 33.5 Å². The predicted molar refractivity (Wildman–Crippen MR) is 79.3 cm³/mol. The van der Waals surface area contributed by atoms with Crippen LogP contribution in [0.1, 0.15) is 35.7 Å². The van der Waals surface area contributed by atoms with Crippen LogP contribution in [0.3, 0.4) is 0 Å². The number of nitrogens with one attached hydrogen (secondary N) is 2. The van der Waals surface area contributed by atoms with E-state index in [1.54, 1.807) is 12.1 Å². The number of hydrogen-bond acceptors (Lipinski definition) is 2. The predicted octanol–water partition coefficient (Wildman–Crippen LogP) is 2.23. The summed E-state index contributed by atoms with van der Waals surface area (Å²) in [5, 5.41) is 6.06. The van der Waals surface area contributed by atoms with Crippen molar-refractivity contribution in [1.29, 1.82) is 0 Å². The Morgan fingerprint density at radius 3 is 2.74 bits per heavy atom. The van der Waals surface area contributed by atoms with E-state index < -0.39 is 0 Å². The summed E-state index contributed by atoms with van der Waals surface area (Å²) in [6.45, 7) is 2.73. The minimum absolute atomic E-state index is 0.0150. The maximum Gasteiger partial charge on any atom is 0.251 e. The number of amides is 2. The molecule has 19 heavy (non-hydrogen) atoms. The van der Waals surface area contributed by atoms with Gasteiger partial charge in [0.15, 0.2) is 0 Å². The Bertz CT molecular complexity index is 435. The van der Waals surface area contributed by atoms with E-state index in [0.29, 0.717) is 17.4 Å². The molecule has 0 aliphatic heterocycles. The topological polar surface area (TPSA) is 58.2 Å². The summed E-state index contributed by atoms with van der Waals surface area (Å²) in [5.74, 6) is -0.383. The first kappa shape index (κ1) is 15.7. The summed E-state index contributed by atoms with van der Waals surface area (Å²) in [6.07, 6.45) is 1.99. The van der Waals surface area contributed by atoms with Gasteiger partial charge >= 0.3 is 0 Å². The van der Waals surface area contributed by atoms with Crippen LogP contribution < -0.4 is 10.6 Å². The molecule has 0 spiro atoms. The van der Waals surface area contributed by atoms with Crippen LogP contribution in [-0.2, 0) is 10.1 Å². The van der Waals surface area contributed by atoms with Gasteiger partial charge in [0.1, 0.15) is 0 Å². The number of alkyl halides is 1. The van der Waals surface area contributed by atoms with Crippen molar-refractivity contribution < 1.29 is 9.59 Å². The van der Waals surface area contributed by atoms with Crippen molar-refractivity contribution >= 4 is 27.7 Å². The number of rotatable bonds is 7. The van der Waals surface area contributed by atoms with Crippen molar-refractivity contribution in [1.82, 2.24) is 10.6 Å². The Morgan fingerprint density at radius 2 is 2.05 bits per heavy atom. The molecule has 104 valence electrons. The number of hydrogen-bond donors (Lipinski definition) is 2. The average Bonchev–Trinajstić information content (AvgIpc) is 2.45. The van der Waals surface area contributed by atoms with E-state index >= 15 is 0 Å². The third-order valence-corrected chi connectivity index (χ3v) is 3.25. The third kappa shape index (κ3) is 5.87. The molecular formula is C14H19BrN2O2. The van der Waals surface area contributed by atoms with Gasteiger partial charge in [0.05, 0.1) is 6.54 Å². The molecule has 0 heterocycles. The highest BCUT2D eigenvalue weighted by atomic mass is 79.9. The van der Waals surface area contributed by atoms with Gasteiger partial charge in [0, 0.05) is 17.4 Å². The molecule has 1 rings (SSSR count). The van der Waals surface area contributed by atoms with E-state index in [-0.39, 0.29) is 18.4 Å². The molecule has 0 atom stereocenters. The lowest BCUT2D eigenvalue weighted by atomic mass is 10.1. The molecule has 4 nitrogen and oxygen atoms in total. The third-order valence-electron chi connectivity index (χ3n) is 2.61. The smallest absolute Gasteiger partial charge is 0.251 e. The van der Waals surface area contributed by atoms with Crippen LogP contribution in [0, 0.1) is 0 Å². The largest absolute Gasteiger partial charge is 0.355 e. The normalized spacial score (nSPS) is 10.0. The molecule has 0 bridgehead atoms. The average molecular weight is 327 g/mol. The number of carbonyl (C=O) groups is 2. The molecule has 0 saturated heterocycles. The van der Waals surface area contributed by atoms with Crippen molar-refractivity contribution in [2.75, 3.05) is 13.1 Å². The molecule has 0 aliphatic carbocycles. The van der Waals surface area contributed by atoms with Gasteiger partial charge < -0.3 is 10.6 Å². The number of benzene rings is 1. The van der Waals surface area contributed by atoms with Crippen LogP contribution in [0.4, 0.5) is 0 Å². The first-order valence-corrected chi connectivity index (χ1v) is 7.49. The van der Waals surface area contributed by atoms with Gasteiger partial charge in [-0.05, 0) is 24.1 Å². The van der Waals surface area contributed by atoms with Crippen LogP contribution in [0.25, 0.3) is 0 Å². The SMILES string of the molecule is CCCCNC(=O)CNC(=O)c1cccc(CBr)c1. The quantitative estimate of drug-likeness (QED) is 0.596. The Kier molecular flexibility index (Phi) is 7.18. The van der Waals surface area contributed by atoms with Gasteiger partial charge in [-0.2, -0.15) is 0 Å². The first-order chi connectivity index (χ1) is 9.17. The maximum atomic E-state index is 11.8. The molecule has 1 aromatic carbocycles. The molecule has 5 heteroatoms. The zero-order chi connectivity index (χ0) is 14.1. The van der Waals surface area contributed by atoms with E-state index in [1.165, 1.54) is 0 Å². The van der Waals surface area contributed by atoms with E-state index in [4.69, 9.17) is 0 Å². The zero-order valence-corrected chi connectivity index (χ0v) is 12.6. The van der Waals surface area contributed by atoms with Crippen molar-refractivity contribution in [3.8, 4) is 0 Å². The second-order valence-electron chi connectivity index (χ2n) is 4.22. The highest BCUT2D eigenvalue weighted by Gasteiger charge is 2.07. The monoisotopic (exact) mass is 326 g/mol. The van der Waals surface area contributed by atoms with Crippen LogP contribution in [0.2, 0.25) is 0 Å². The van der Waals surface area contributed by atoms with Crippen LogP contribution in [0.5, 0.6) is 0 Å². The maximum absolute atomic E-state index is 11.8. The van der Waals surface area contributed by atoms with Gasteiger partial charge in [0.25, 0.3) is 5.91 Å². The van der Waals surface area contributed by atoms with E-state index in [0.717, 1.165) is 18.4 Å². The van der Waals surface area contributed by atoms with Crippen molar-refractivity contribution in [3.63, 3.8) is 0 Å². The molecule has 0 aliphatic rings. The molecule has 0 fully saturated rings. The number of halogens is 1. The summed E-state index contributed by atoms with van der Waals surface area (Å²) < 4.78 is 0. The van der Waals surface area contributed by atoms with Crippen molar-refractivity contribution in [2.24, 2.45) is 0 Å². The molecule has 0 unspecified atom stereocenters. The summed E-state index contributed by atoms with van der Waals surface area (Å²) in [6, 6.07) is 7.30. The molecule has 0 saturated carbocycles. The van der Waals surface area contributed by atoms with Gasteiger partial charge in [-0.1, -0.05) is 41.4 Å². The van der Waals surface area contributed by atoms with Crippen LogP contribution in [0.15, 0.2) is 24.3 Å². The molecule has 0 radical (unpaired) electrons. The lowest BCUT2D eigenvalue weighted by Crippen LogP contribution is -2.37. The van der Waals surface area contributed by atoms with E-state index in [9.17, 15) is 9.59 Å². The van der Waals surface area contributed by atoms with Gasteiger partial charge in [-0.3, -0.25) is 9.59 Å². The molecular weight excluding hydrogens is 308 g/mol. The molecule has 1 aromatic rings. The first-order valence-electron chi connectivity index (χ1n) is 6.37.